The van der Waals surface area contributed by atoms with Crippen LogP contribution in [0.3, 0.4) is 0 Å². The first kappa shape index (κ1) is 19.4. The third-order valence-electron chi connectivity index (χ3n) is 5.34. The summed E-state index contributed by atoms with van der Waals surface area (Å²) in [7, 11) is -2.13. The molecule has 0 unspecified atom stereocenters. The van der Waals surface area contributed by atoms with Crippen LogP contribution in [-0.2, 0) is 14.0 Å². The van der Waals surface area contributed by atoms with Crippen LogP contribution in [0, 0.1) is 5.92 Å². The molecule has 2 aliphatic rings. The summed E-state index contributed by atoms with van der Waals surface area (Å²) in [5.41, 5.74) is -0.673. The number of nitrogens with zero attached hydrogens (tertiary/aromatic N) is 1. The number of hydrogen-bond donors (Lipinski definition) is 1. The Balaban J connectivity index is 2.21. The zero-order valence-electron chi connectivity index (χ0n) is 16.0. The summed E-state index contributed by atoms with van der Waals surface area (Å²) in [5.74, 6) is -0.922. The van der Waals surface area contributed by atoms with Gasteiger partial charge in [-0.25, -0.2) is 9.69 Å². The van der Waals surface area contributed by atoms with E-state index in [2.05, 4.69) is 33.9 Å². The predicted octanol–water partition coefficient (Wildman–Crippen LogP) is 2.90. The van der Waals surface area contributed by atoms with Crippen LogP contribution >= 0.6 is 0 Å². The predicted molar refractivity (Wildman–Crippen MR) is 93.1 cm³/mol. The van der Waals surface area contributed by atoms with E-state index in [-0.39, 0.29) is 10.9 Å². The van der Waals surface area contributed by atoms with E-state index in [1.165, 1.54) is 4.90 Å². The van der Waals surface area contributed by atoms with Gasteiger partial charge in [0.25, 0.3) is 0 Å². The van der Waals surface area contributed by atoms with E-state index in [0.717, 1.165) is 0 Å². The van der Waals surface area contributed by atoms with E-state index in [1.807, 2.05) is 0 Å². The topological polar surface area (TPSA) is 76.1 Å². The van der Waals surface area contributed by atoms with Crippen LogP contribution in [0.4, 0.5) is 4.79 Å². The van der Waals surface area contributed by atoms with Gasteiger partial charge in [-0.1, -0.05) is 20.8 Å². The maximum Gasteiger partial charge on any atom is 0.417 e. The maximum atomic E-state index is 12.4. The summed E-state index contributed by atoms with van der Waals surface area (Å²) in [5, 5.41) is 10.5. The van der Waals surface area contributed by atoms with Crippen molar-refractivity contribution in [1.29, 1.82) is 0 Å². The molecule has 1 saturated heterocycles. The molecule has 1 aliphatic heterocycles. The fourth-order valence-electron chi connectivity index (χ4n) is 3.03. The molecular weight excluding hydrogens is 326 g/mol. The molecule has 24 heavy (non-hydrogen) atoms. The molecule has 1 heterocycles. The summed E-state index contributed by atoms with van der Waals surface area (Å²) in [6, 6.07) is -0.443. The van der Waals surface area contributed by atoms with Crippen LogP contribution in [-0.4, -0.2) is 54.2 Å². The van der Waals surface area contributed by atoms with Crippen molar-refractivity contribution < 1.29 is 23.9 Å². The van der Waals surface area contributed by atoms with Gasteiger partial charge in [0, 0.05) is 0 Å². The zero-order chi connectivity index (χ0) is 18.7. The Morgan fingerprint density at radius 2 is 1.75 bits per heavy atom. The molecule has 4 atom stereocenters. The van der Waals surface area contributed by atoms with E-state index >= 15 is 0 Å². The summed E-state index contributed by atoms with van der Waals surface area (Å²) in [6.45, 7) is 15.9. The second-order valence-corrected chi connectivity index (χ2v) is 14.2. The third kappa shape index (κ3) is 3.39. The monoisotopic (exact) mass is 357 g/mol. The third-order valence-corrected chi connectivity index (χ3v) is 9.81. The number of ether oxygens (including phenoxy) is 1. The van der Waals surface area contributed by atoms with Crippen molar-refractivity contribution in [2.75, 3.05) is 0 Å². The first-order chi connectivity index (χ1) is 10.7. The van der Waals surface area contributed by atoms with Gasteiger partial charge >= 0.3 is 6.09 Å². The molecule has 138 valence electrons. The molecule has 0 aromatic heterocycles. The number of piperidine rings is 1. The van der Waals surface area contributed by atoms with E-state index in [4.69, 9.17) is 9.16 Å². The molecule has 0 aromatic carbocycles. The number of hydrogen-bond acceptors (Lipinski definition) is 5. The Morgan fingerprint density at radius 3 is 2.17 bits per heavy atom. The summed E-state index contributed by atoms with van der Waals surface area (Å²) in [6.07, 6.45) is -1.58. The van der Waals surface area contributed by atoms with E-state index in [0.29, 0.717) is 6.42 Å². The number of aliphatic hydroxyl groups excluding tert-OH is 1. The van der Waals surface area contributed by atoms with Gasteiger partial charge in [-0.3, -0.25) is 4.79 Å². The Hall–Kier alpha value is -0.923. The molecule has 6 nitrogen and oxygen atoms in total. The lowest BCUT2D eigenvalue weighted by molar-refractivity contribution is -0.143. The minimum atomic E-state index is -2.13. The Bertz CT molecular complexity index is 534. The lowest BCUT2D eigenvalue weighted by Gasteiger charge is -2.43. The maximum absolute atomic E-state index is 12.4. The average Bonchev–Trinajstić information content (AvgIpc) is 2.82. The number of fused-ring (bicyclic) bond motifs is 2. The molecule has 0 spiro atoms. The van der Waals surface area contributed by atoms with Gasteiger partial charge in [0.1, 0.15) is 5.60 Å². The second kappa shape index (κ2) is 5.81. The molecule has 1 N–H and O–H groups in total. The number of aliphatic hydroxyl groups is 1. The number of imide groups is 1. The highest BCUT2D eigenvalue weighted by Crippen LogP contribution is 2.45. The molecule has 2 fully saturated rings. The first-order valence-corrected chi connectivity index (χ1v) is 11.5. The number of likely N-dealkylation sites (tertiary alicyclic amines) is 1. The van der Waals surface area contributed by atoms with Crippen LogP contribution in [0.2, 0.25) is 18.1 Å². The van der Waals surface area contributed by atoms with Crippen LogP contribution < -0.4 is 0 Å². The smallest absolute Gasteiger partial charge is 0.417 e. The summed E-state index contributed by atoms with van der Waals surface area (Å²) < 4.78 is 11.7. The SMILES string of the molecule is CC(C)(C)OC(=O)N1C(=O)[C@H]2C[C@@H]1[C@H](O[Si](C)(C)C(C)(C)C)[C@H]2O. The highest BCUT2D eigenvalue weighted by molar-refractivity contribution is 6.74. The van der Waals surface area contributed by atoms with Crippen molar-refractivity contribution in [3.8, 4) is 0 Å². The molecule has 2 bridgehead atoms. The lowest BCUT2D eigenvalue weighted by Crippen LogP contribution is -2.59. The number of rotatable bonds is 2. The Morgan fingerprint density at radius 1 is 1.21 bits per heavy atom. The average molecular weight is 358 g/mol. The molecular formula is C17H31NO5Si. The first-order valence-electron chi connectivity index (χ1n) is 8.58. The van der Waals surface area contributed by atoms with Crippen LogP contribution in [0.15, 0.2) is 0 Å². The van der Waals surface area contributed by atoms with Crippen molar-refractivity contribution in [1.82, 2.24) is 4.90 Å². The van der Waals surface area contributed by atoms with Gasteiger partial charge in [-0.2, -0.15) is 0 Å². The number of carbonyl (C=O) groups excluding carboxylic acids is 2. The largest absolute Gasteiger partial charge is 0.443 e. The van der Waals surface area contributed by atoms with E-state index < -0.39 is 44.2 Å². The molecule has 1 aliphatic carbocycles. The quantitative estimate of drug-likeness (QED) is 0.769. The van der Waals surface area contributed by atoms with Crippen molar-refractivity contribution >= 4 is 20.3 Å². The number of amides is 2. The van der Waals surface area contributed by atoms with E-state index in [9.17, 15) is 14.7 Å². The highest BCUT2D eigenvalue weighted by Gasteiger charge is 2.61. The number of carbonyl (C=O) groups is 2. The zero-order valence-corrected chi connectivity index (χ0v) is 17.0. The minimum absolute atomic E-state index is 0.0185. The molecule has 1 saturated carbocycles. The van der Waals surface area contributed by atoms with Crippen molar-refractivity contribution in [3.63, 3.8) is 0 Å². The summed E-state index contributed by atoms with van der Waals surface area (Å²) >= 11 is 0. The van der Waals surface area contributed by atoms with Gasteiger partial charge in [0.05, 0.1) is 24.2 Å². The Kier molecular flexibility index (Phi) is 4.70. The van der Waals surface area contributed by atoms with Crippen LogP contribution in [0.1, 0.15) is 48.0 Å². The normalized spacial score (nSPS) is 30.9. The molecule has 2 amide bonds. The van der Waals surface area contributed by atoms with Gasteiger partial charge in [-0.15, -0.1) is 0 Å². The van der Waals surface area contributed by atoms with Gasteiger partial charge in [0.15, 0.2) is 8.32 Å². The molecule has 0 aromatic rings. The van der Waals surface area contributed by atoms with Crippen molar-refractivity contribution in [2.24, 2.45) is 5.92 Å². The molecule has 2 rings (SSSR count). The van der Waals surface area contributed by atoms with Gasteiger partial charge < -0.3 is 14.3 Å². The minimum Gasteiger partial charge on any atom is -0.443 e. The lowest BCUT2D eigenvalue weighted by atomic mass is 10.0. The molecule has 0 radical (unpaired) electrons. The summed E-state index contributed by atoms with van der Waals surface area (Å²) in [4.78, 5) is 26.0. The van der Waals surface area contributed by atoms with Gasteiger partial charge in [-0.05, 0) is 45.3 Å². The molecule has 7 heteroatoms. The Labute approximate surface area is 145 Å². The van der Waals surface area contributed by atoms with Crippen LogP contribution in [0.25, 0.3) is 0 Å². The van der Waals surface area contributed by atoms with Crippen molar-refractivity contribution in [3.05, 3.63) is 0 Å². The van der Waals surface area contributed by atoms with Gasteiger partial charge in [0.2, 0.25) is 5.91 Å². The van der Waals surface area contributed by atoms with Crippen LogP contribution in [0.5, 0.6) is 0 Å². The fourth-order valence-corrected chi connectivity index (χ4v) is 4.36. The van der Waals surface area contributed by atoms with Crippen molar-refractivity contribution in [2.45, 2.75) is 89.9 Å². The second-order valence-electron chi connectivity index (χ2n) is 9.43. The highest BCUT2D eigenvalue weighted by atomic mass is 28.4. The fraction of sp³-hybridized carbons (Fsp3) is 0.882. The van der Waals surface area contributed by atoms with E-state index in [1.54, 1.807) is 20.8 Å². The standard InChI is InChI=1S/C17H31NO5Si/c1-16(2,3)22-15(21)18-11-9-10(14(18)20)12(19)13(11)23-24(7,8)17(4,5)6/h10-13,19H,9H2,1-8H3/t10-,11+,12-,13-/m0/s1.